The van der Waals surface area contributed by atoms with Crippen molar-refractivity contribution in [3.8, 4) is 0 Å². The van der Waals surface area contributed by atoms with Crippen molar-refractivity contribution < 1.29 is 9.53 Å². The molecular formula is C12H26N2O2. The number of hydrogen-bond acceptors (Lipinski definition) is 3. The molecule has 0 fully saturated rings. The fourth-order valence-electron chi connectivity index (χ4n) is 1.21. The minimum Gasteiger partial charge on any atom is -0.380 e. The summed E-state index contributed by atoms with van der Waals surface area (Å²) < 4.78 is 5.20. The maximum absolute atomic E-state index is 11.7. The van der Waals surface area contributed by atoms with Crippen LogP contribution in [0.2, 0.25) is 0 Å². The van der Waals surface area contributed by atoms with Crippen LogP contribution in [0, 0.1) is 0 Å². The molecule has 0 aliphatic rings. The summed E-state index contributed by atoms with van der Waals surface area (Å²) in [6.45, 7) is 10.9. The highest BCUT2D eigenvalue weighted by Crippen LogP contribution is 1.99. The molecule has 0 aromatic carbocycles. The first-order chi connectivity index (χ1) is 7.37. The Morgan fingerprint density at radius 3 is 2.50 bits per heavy atom. The second-order valence-electron chi connectivity index (χ2n) is 4.94. The van der Waals surface area contributed by atoms with Gasteiger partial charge in [-0.2, -0.15) is 0 Å². The van der Waals surface area contributed by atoms with Gasteiger partial charge < -0.3 is 15.0 Å². The van der Waals surface area contributed by atoms with Gasteiger partial charge in [-0.05, 0) is 27.7 Å². The Morgan fingerprint density at radius 1 is 1.38 bits per heavy atom. The van der Waals surface area contributed by atoms with Crippen molar-refractivity contribution in [3.05, 3.63) is 0 Å². The van der Waals surface area contributed by atoms with Crippen molar-refractivity contribution in [2.75, 3.05) is 33.4 Å². The summed E-state index contributed by atoms with van der Waals surface area (Å²) in [6.07, 6.45) is 0.542. The monoisotopic (exact) mass is 230 g/mol. The lowest BCUT2D eigenvalue weighted by atomic mass is 10.1. The number of amides is 1. The van der Waals surface area contributed by atoms with E-state index >= 15 is 0 Å². The van der Waals surface area contributed by atoms with E-state index in [4.69, 9.17) is 4.74 Å². The topological polar surface area (TPSA) is 41.6 Å². The number of carbonyl (C=O) groups is 1. The molecule has 0 unspecified atom stereocenters. The molecule has 0 aromatic rings. The second-order valence-corrected chi connectivity index (χ2v) is 4.94. The molecule has 0 aromatic heterocycles. The molecule has 4 heteroatoms. The molecule has 0 aliphatic heterocycles. The minimum absolute atomic E-state index is 0.0736. The predicted molar refractivity (Wildman–Crippen MR) is 66.5 cm³/mol. The summed E-state index contributed by atoms with van der Waals surface area (Å²) in [5.74, 6) is 0.163. The summed E-state index contributed by atoms with van der Waals surface area (Å²) in [5.41, 5.74) is 0.0736. The molecule has 96 valence electrons. The molecule has 4 nitrogen and oxygen atoms in total. The molecule has 0 radical (unpaired) electrons. The molecule has 0 saturated carbocycles. The molecule has 0 aliphatic carbocycles. The zero-order valence-corrected chi connectivity index (χ0v) is 11.3. The third kappa shape index (κ3) is 8.68. The van der Waals surface area contributed by atoms with Crippen LogP contribution in [0.1, 0.15) is 34.1 Å². The van der Waals surface area contributed by atoms with Crippen LogP contribution in [0.3, 0.4) is 0 Å². The highest BCUT2D eigenvalue weighted by Gasteiger charge is 2.11. The van der Waals surface area contributed by atoms with Crippen molar-refractivity contribution in [1.82, 2.24) is 10.2 Å². The fraction of sp³-hybridized carbons (Fsp3) is 0.917. The average Bonchev–Trinajstić information content (AvgIpc) is 2.15. The lowest BCUT2D eigenvalue weighted by molar-refractivity contribution is -0.130. The Labute approximate surface area is 99.3 Å². The molecule has 1 N–H and O–H groups in total. The summed E-state index contributed by atoms with van der Waals surface area (Å²) >= 11 is 0. The lowest BCUT2D eigenvalue weighted by Gasteiger charge is -2.22. The number of nitrogens with one attached hydrogen (secondary N) is 1. The van der Waals surface area contributed by atoms with E-state index < -0.39 is 0 Å². The highest BCUT2D eigenvalue weighted by molar-refractivity contribution is 5.76. The minimum atomic E-state index is 0.0736. The number of hydrogen-bond donors (Lipinski definition) is 1. The van der Waals surface area contributed by atoms with Gasteiger partial charge in [0.25, 0.3) is 0 Å². The number of nitrogens with zero attached hydrogens (tertiary/aromatic N) is 1. The molecule has 0 rings (SSSR count). The third-order valence-corrected chi connectivity index (χ3v) is 2.20. The Hall–Kier alpha value is -0.610. The van der Waals surface area contributed by atoms with Crippen molar-refractivity contribution in [2.24, 2.45) is 0 Å². The van der Waals surface area contributed by atoms with Crippen LogP contribution in [-0.4, -0.2) is 49.7 Å². The number of carbonyl (C=O) groups excluding carboxylic acids is 1. The first-order valence-electron chi connectivity index (χ1n) is 5.93. The summed E-state index contributed by atoms with van der Waals surface area (Å²) in [5, 5.41) is 3.30. The maximum atomic E-state index is 11.7. The standard InChI is InChI=1S/C12H26N2O2/c1-6-16-10-9-14(5)11(15)7-8-13-12(2,3)4/h13H,6-10H2,1-5H3. The van der Waals surface area contributed by atoms with Gasteiger partial charge in [0.15, 0.2) is 0 Å². The Bertz CT molecular complexity index is 200. The van der Waals surface area contributed by atoms with Gasteiger partial charge in [0, 0.05) is 38.7 Å². The Kier molecular flexibility index (Phi) is 7.34. The molecule has 0 spiro atoms. The van der Waals surface area contributed by atoms with Crippen LogP contribution in [0.5, 0.6) is 0 Å². The molecule has 0 saturated heterocycles. The largest absolute Gasteiger partial charge is 0.380 e. The van der Waals surface area contributed by atoms with E-state index in [9.17, 15) is 4.79 Å². The zero-order valence-electron chi connectivity index (χ0n) is 11.3. The van der Waals surface area contributed by atoms with E-state index in [0.29, 0.717) is 26.2 Å². The third-order valence-electron chi connectivity index (χ3n) is 2.20. The van der Waals surface area contributed by atoms with Crippen LogP contribution in [0.25, 0.3) is 0 Å². The molecule has 16 heavy (non-hydrogen) atoms. The van der Waals surface area contributed by atoms with Crippen molar-refractivity contribution in [2.45, 2.75) is 39.7 Å². The molecule has 0 bridgehead atoms. The smallest absolute Gasteiger partial charge is 0.223 e. The van der Waals surface area contributed by atoms with Gasteiger partial charge in [-0.15, -0.1) is 0 Å². The molecule has 0 atom stereocenters. The zero-order chi connectivity index (χ0) is 12.6. The number of rotatable bonds is 7. The molecule has 0 heterocycles. The van der Waals surface area contributed by atoms with E-state index in [1.807, 2.05) is 14.0 Å². The van der Waals surface area contributed by atoms with E-state index in [-0.39, 0.29) is 11.4 Å². The van der Waals surface area contributed by atoms with E-state index in [1.54, 1.807) is 4.90 Å². The molecule has 1 amide bonds. The van der Waals surface area contributed by atoms with Gasteiger partial charge in [0.05, 0.1) is 6.61 Å². The SMILES string of the molecule is CCOCCN(C)C(=O)CCNC(C)(C)C. The summed E-state index contributed by atoms with van der Waals surface area (Å²) in [7, 11) is 1.82. The summed E-state index contributed by atoms with van der Waals surface area (Å²) in [4.78, 5) is 13.4. The van der Waals surface area contributed by atoms with E-state index in [2.05, 4.69) is 26.1 Å². The van der Waals surface area contributed by atoms with Crippen LogP contribution in [0.4, 0.5) is 0 Å². The van der Waals surface area contributed by atoms with Gasteiger partial charge in [0.2, 0.25) is 5.91 Å². The van der Waals surface area contributed by atoms with E-state index in [0.717, 1.165) is 6.54 Å². The predicted octanol–water partition coefficient (Wildman–Crippen LogP) is 1.26. The summed E-state index contributed by atoms with van der Waals surface area (Å²) in [6, 6.07) is 0. The fourth-order valence-corrected chi connectivity index (χ4v) is 1.21. The lowest BCUT2D eigenvalue weighted by Crippen LogP contribution is -2.39. The van der Waals surface area contributed by atoms with Gasteiger partial charge in [-0.25, -0.2) is 0 Å². The van der Waals surface area contributed by atoms with Crippen LogP contribution in [-0.2, 0) is 9.53 Å². The quantitative estimate of drug-likeness (QED) is 0.669. The highest BCUT2D eigenvalue weighted by atomic mass is 16.5. The average molecular weight is 230 g/mol. The van der Waals surface area contributed by atoms with Gasteiger partial charge in [0.1, 0.15) is 0 Å². The van der Waals surface area contributed by atoms with Crippen molar-refractivity contribution in [1.29, 1.82) is 0 Å². The maximum Gasteiger partial charge on any atom is 0.223 e. The molecular weight excluding hydrogens is 204 g/mol. The Morgan fingerprint density at radius 2 is 2.00 bits per heavy atom. The first kappa shape index (κ1) is 15.4. The van der Waals surface area contributed by atoms with Crippen LogP contribution >= 0.6 is 0 Å². The van der Waals surface area contributed by atoms with Crippen LogP contribution < -0.4 is 5.32 Å². The van der Waals surface area contributed by atoms with E-state index in [1.165, 1.54) is 0 Å². The Balaban J connectivity index is 3.63. The van der Waals surface area contributed by atoms with Crippen LogP contribution in [0.15, 0.2) is 0 Å². The van der Waals surface area contributed by atoms with Gasteiger partial charge in [-0.1, -0.05) is 0 Å². The van der Waals surface area contributed by atoms with Crippen molar-refractivity contribution >= 4 is 5.91 Å². The van der Waals surface area contributed by atoms with Gasteiger partial charge in [-0.3, -0.25) is 4.79 Å². The first-order valence-corrected chi connectivity index (χ1v) is 5.93. The number of ether oxygens (including phenoxy) is 1. The second kappa shape index (κ2) is 7.63. The number of likely N-dealkylation sites (N-methyl/N-ethyl adjacent to an activating group) is 1. The van der Waals surface area contributed by atoms with Crippen molar-refractivity contribution in [3.63, 3.8) is 0 Å². The van der Waals surface area contributed by atoms with Gasteiger partial charge >= 0.3 is 0 Å². The normalized spacial score (nSPS) is 11.6.